The van der Waals surface area contributed by atoms with E-state index in [4.69, 9.17) is 11.6 Å². The summed E-state index contributed by atoms with van der Waals surface area (Å²) in [5.74, 6) is -0.371. The van der Waals surface area contributed by atoms with Crippen LogP contribution in [-0.4, -0.2) is 43.4 Å². The zero-order valence-corrected chi connectivity index (χ0v) is 14.4. The first-order valence-corrected chi connectivity index (χ1v) is 8.45. The minimum Gasteiger partial charge on any atom is -0.339 e. The zero-order valence-electron chi connectivity index (χ0n) is 13.7. The van der Waals surface area contributed by atoms with Gasteiger partial charge in [-0.1, -0.05) is 18.5 Å². The highest BCUT2D eigenvalue weighted by Gasteiger charge is 2.22. The number of halogens is 1. The second-order valence-electron chi connectivity index (χ2n) is 5.99. The number of nitrogens with one attached hydrogen (secondary N) is 2. The SMILES string of the molecule is CNCC(C)C(=O)Nc1cc(Cl)ccc1C(=O)N1CCCCC1. The molecule has 0 aliphatic carbocycles. The monoisotopic (exact) mass is 337 g/mol. The van der Waals surface area contributed by atoms with Crippen molar-refractivity contribution in [3.63, 3.8) is 0 Å². The smallest absolute Gasteiger partial charge is 0.255 e. The fraction of sp³-hybridized carbons (Fsp3) is 0.529. The summed E-state index contributed by atoms with van der Waals surface area (Å²) >= 11 is 6.04. The van der Waals surface area contributed by atoms with E-state index in [2.05, 4.69) is 10.6 Å². The van der Waals surface area contributed by atoms with Crippen molar-refractivity contribution in [2.45, 2.75) is 26.2 Å². The summed E-state index contributed by atoms with van der Waals surface area (Å²) in [6, 6.07) is 5.02. The molecular weight excluding hydrogens is 314 g/mol. The fourth-order valence-electron chi connectivity index (χ4n) is 2.73. The van der Waals surface area contributed by atoms with Gasteiger partial charge in [0, 0.05) is 30.6 Å². The number of hydrogen-bond acceptors (Lipinski definition) is 3. The minimum atomic E-state index is -0.197. The molecular formula is C17H24ClN3O2. The first kappa shape index (κ1) is 17.8. The lowest BCUT2D eigenvalue weighted by Crippen LogP contribution is -2.36. The molecule has 1 heterocycles. The molecule has 1 aliphatic heterocycles. The molecule has 0 saturated carbocycles. The Morgan fingerprint density at radius 1 is 1.26 bits per heavy atom. The number of nitrogens with zero attached hydrogens (tertiary/aromatic N) is 1. The van der Waals surface area contributed by atoms with Gasteiger partial charge >= 0.3 is 0 Å². The Kier molecular flexibility index (Phi) is 6.42. The summed E-state index contributed by atoms with van der Waals surface area (Å²) in [4.78, 5) is 26.8. The standard InChI is InChI=1S/C17H24ClN3O2/c1-12(11-19-2)16(22)20-15-10-13(18)6-7-14(15)17(23)21-8-4-3-5-9-21/h6-7,10,12,19H,3-5,8-9,11H2,1-2H3,(H,20,22). The van der Waals surface area contributed by atoms with Crippen LogP contribution in [0.3, 0.4) is 0 Å². The van der Waals surface area contributed by atoms with E-state index in [0.29, 0.717) is 22.8 Å². The number of amides is 2. The van der Waals surface area contributed by atoms with E-state index in [0.717, 1.165) is 32.4 Å². The molecule has 23 heavy (non-hydrogen) atoms. The van der Waals surface area contributed by atoms with Crippen molar-refractivity contribution >= 4 is 29.1 Å². The second kappa shape index (κ2) is 8.31. The van der Waals surface area contributed by atoms with Crippen LogP contribution in [0.15, 0.2) is 18.2 Å². The average Bonchev–Trinajstić information content (AvgIpc) is 2.55. The summed E-state index contributed by atoms with van der Waals surface area (Å²) in [5.41, 5.74) is 0.988. The molecule has 5 nitrogen and oxygen atoms in total. The maximum atomic E-state index is 12.7. The van der Waals surface area contributed by atoms with Gasteiger partial charge in [0.05, 0.1) is 11.3 Å². The van der Waals surface area contributed by atoms with Crippen molar-refractivity contribution in [1.29, 1.82) is 0 Å². The quantitative estimate of drug-likeness (QED) is 0.868. The summed E-state index contributed by atoms with van der Waals surface area (Å²) in [5, 5.41) is 6.31. The van der Waals surface area contributed by atoms with Gasteiger partial charge in [0.2, 0.25) is 5.91 Å². The zero-order chi connectivity index (χ0) is 16.8. The molecule has 126 valence electrons. The Bertz CT molecular complexity index is 571. The predicted molar refractivity (Wildman–Crippen MR) is 92.9 cm³/mol. The second-order valence-corrected chi connectivity index (χ2v) is 6.43. The normalized spacial score (nSPS) is 16.0. The number of rotatable bonds is 5. The summed E-state index contributed by atoms with van der Waals surface area (Å²) in [6.07, 6.45) is 3.22. The lowest BCUT2D eigenvalue weighted by molar-refractivity contribution is -0.119. The van der Waals surface area contributed by atoms with Crippen LogP contribution in [0, 0.1) is 5.92 Å². The number of piperidine rings is 1. The summed E-state index contributed by atoms with van der Waals surface area (Å²) in [6.45, 7) is 3.94. The van der Waals surface area contributed by atoms with Gasteiger partial charge in [-0.2, -0.15) is 0 Å². The third-order valence-corrected chi connectivity index (χ3v) is 4.31. The van der Waals surface area contributed by atoms with Gasteiger partial charge in [0.25, 0.3) is 5.91 Å². The maximum Gasteiger partial charge on any atom is 0.255 e. The molecule has 1 aromatic carbocycles. The molecule has 0 aromatic heterocycles. The molecule has 0 bridgehead atoms. The maximum absolute atomic E-state index is 12.7. The van der Waals surface area contributed by atoms with Crippen molar-refractivity contribution < 1.29 is 9.59 Å². The first-order chi connectivity index (χ1) is 11.0. The number of anilines is 1. The molecule has 6 heteroatoms. The van der Waals surface area contributed by atoms with Gasteiger partial charge in [-0.15, -0.1) is 0 Å². The first-order valence-electron chi connectivity index (χ1n) is 8.07. The highest BCUT2D eigenvalue weighted by Crippen LogP contribution is 2.24. The predicted octanol–water partition coefficient (Wildman–Crippen LogP) is 2.76. The van der Waals surface area contributed by atoms with Gasteiger partial charge in [-0.05, 0) is 44.5 Å². The van der Waals surface area contributed by atoms with Gasteiger partial charge in [0.1, 0.15) is 0 Å². The van der Waals surface area contributed by atoms with E-state index in [1.165, 1.54) is 0 Å². The molecule has 2 amide bonds. The Morgan fingerprint density at radius 2 is 1.96 bits per heavy atom. The van der Waals surface area contributed by atoms with Crippen molar-refractivity contribution in [3.8, 4) is 0 Å². The molecule has 2 N–H and O–H groups in total. The Labute approximate surface area is 142 Å². The van der Waals surface area contributed by atoms with E-state index >= 15 is 0 Å². The van der Waals surface area contributed by atoms with Gasteiger partial charge in [-0.25, -0.2) is 0 Å². The molecule has 1 unspecified atom stereocenters. The van der Waals surface area contributed by atoms with Crippen molar-refractivity contribution in [2.24, 2.45) is 5.92 Å². The van der Waals surface area contributed by atoms with E-state index in [9.17, 15) is 9.59 Å². The molecule has 1 fully saturated rings. The Morgan fingerprint density at radius 3 is 2.61 bits per heavy atom. The largest absolute Gasteiger partial charge is 0.339 e. The van der Waals surface area contributed by atoms with Crippen molar-refractivity contribution in [2.75, 3.05) is 32.0 Å². The Balaban J connectivity index is 2.19. The van der Waals surface area contributed by atoms with Gasteiger partial charge in [-0.3, -0.25) is 9.59 Å². The van der Waals surface area contributed by atoms with Crippen LogP contribution in [0.1, 0.15) is 36.5 Å². The number of carbonyl (C=O) groups is 2. The number of benzene rings is 1. The third-order valence-electron chi connectivity index (χ3n) is 4.07. The van der Waals surface area contributed by atoms with Crippen LogP contribution in [0.25, 0.3) is 0 Å². The highest BCUT2D eigenvalue weighted by molar-refractivity contribution is 6.31. The van der Waals surface area contributed by atoms with Gasteiger partial charge < -0.3 is 15.5 Å². The molecule has 0 radical (unpaired) electrons. The summed E-state index contributed by atoms with van der Waals surface area (Å²) < 4.78 is 0. The third kappa shape index (κ3) is 4.69. The van der Waals surface area contributed by atoms with E-state index < -0.39 is 0 Å². The molecule has 1 atom stereocenters. The molecule has 2 rings (SSSR count). The topological polar surface area (TPSA) is 61.4 Å². The summed E-state index contributed by atoms with van der Waals surface area (Å²) in [7, 11) is 1.80. The van der Waals surface area contributed by atoms with Crippen molar-refractivity contribution in [3.05, 3.63) is 28.8 Å². The lowest BCUT2D eigenvalue weighted by Gasteiger charge is -2.27. The average molecular weight is 338 g/mol. The molecule has 1 aliphatic rings. The van der Waals surface area contributed by atoms with Crippen LogP contribution in [0.4, 0.5) is 5.69 Å². The Hall–Kier alpha value is -1.59. The number of hydrogen-bond donors (Lipinski definition) is 2. The van der Waals surface area contributed by atoms with Crippen LogP contribution in [0.5, 0.6) is 0 Å². The minimum absolute atomic E-state index is 0.0436. The van der Waals surface area contributed by atoms with E-state index in [-0.39, 0.29) is 17.7 Å². The number of likely N-dealkylation sites (tertiary alicyclic amines) is 1. The molecule has 1 aromatic rings. The molecule has 0 spiro atoms. The molecule has 1 saturated heterocycles. The van der Waals surface area contributed by atoms with Crippen LogP contribution >= 0.6 is 11.6 Å². The lowest BCUT2D eigenvalue weighted by atomic mass is 10.1. The highest BCUT2D eigenvalue weighted by atomic mass is 35.5. The van der Waals surface area contributed by atoms with Crippen LogP contribution < -0.4 is 10.6 Å². The van der Waals surface area contributed by atoms with E-state index in [1.807, 2.05) is 11.8 Å². The van der Waals surface area contributed by atoms with Crippen LogP contribution in [0.2, 0.25) is 5.02 Å². The van der Waals surface area contributed by atoms with E-state index in [1.54, 1.807) is 25.2 Å². The number of carbonyl (C=O) groups excluding carboxylic acids is 2. The fourth-order valence-corrected chi connectivity index (χ4v) is 2.90. The van der Waals surface area contributed by atoms with Crippen molar-refractivity contribution in [1.82, 2.24) is 10.2 Å². The van der Waals surface area contributed by atoms with Crippen LogP contribution in [-0.2, 0) is 4.79 Å². The van der Waals surface area contributed by atoms with Gasteiger partial charge in [0.15, 0.2) is 0 Å².